The van der Waals surface area contributed by atoms with Gasteiger partial charge in [0.05, 0.1) is 19.2 Å². The topological polar surface area (TPSA) is 53.1 Å². The zero-order chi connectivity index (χ0) is 22.8. The highest BCUT2D eigenvalue weighted by molar-refractivity contribution is 6.35. The van der Waals surface area contributed by atoms with Gasteiger partial charge < -0.3 is 14.5 Å². The van der Waals surface area contributed by atoms with E-state index >= 15 is 0 Å². The normalized spacial score (nSPS) is 17.9. The second-order valence-corrected chi connectivity index (χ2v) is 8.36. The van der Waals surface area contributed by atoms with Gasteiger partial charge in [-0.15, -0.1) is 0 Å². The maximum atomic E-state index is 14.3. The number of para-hydroxylation sites is 1. The first-order chi connectivity index (χ1) is 15.4. The summed E-state index contributed by atoms with van der Waals surface area (Å²) in [6, 6.07) is 13.5. The number of nitrogens with zero attached hydrogens (tertiary/aromatic N) is 3. The van der Waals surface area contributed by atoms with Crippen LogP contribution in [-0.4, -0.2) is 66.9 Å². The third-order valence-corrected chi connectivity index (χ3v) is 6.39. The number of likely N-dealkylation sites (tertiary alicyclic amines) is 1. The third-order valence-electron chi connectivity index (χ3n) is 6.39. The van der Waals surface area contributed by atoms with E-state index in [0.29, 0.717) is 28.1 Å². The lowest BCUT2D eigenvalue weighted by Crippen LogP contribution is -2.43. The van der Waals surface area contributed by atoms with E-state index in [1.807, 2.05) is 24.1 Å². The van der Waals surface area contributed by atoms with Gasteiger partial charge in [0.15, 0.2) is 0 Å². The highest BCUT2D eigenvalue weighted by Gasteiger charge is 2.43. The van der Waals surface area contributed by atoms with E-state index in [4.69, 9.17) is 4.74 Å². The average molecular weight is 438 g/mol. The lowest BCUT2D eigenvalue weighted by molar-refractivity contribution is -0.138. The predicted molar refractivity (Wildman–Crippen MR) is 120 cm³/mol. The number of ether oxygens (including phenoxy) is 1. The first kappa shape index (κ1) is 22.0. The number of carbonyl (C=O) groups is 2. The van der Waals surface area contributed by atoms with Crippen LogP contribution in [-0.2, 0) is 16.1 Å². The fourth-order valence-electron chi connectivity index (χ4n) is 4.49. The Labute approximate surface area is 187 Å². The molecule has 0 unspecified atom stereocenters. The SMILES string of the molecule is COc1ccccc1C1=C(N(C)C2CCN(C)CC2)C(=O)N(Cc2ccccc2F)C1=O. The molecular weight excluding hydrogens is 409 g/mol. The first-order valence-electron chi connectivity index (χ1n) is 10.8. The van der Waals surface area contributed by atoms with Crippen LogP contribution in [0.3, 0.4) is 0 Å². The maximum absolute atomic E-state index is 14.3. The number of likely N-dealkylation sites (N-methyl/N-ethyl adjacent to an activating group) is 1. The Morgan fingerprint density at radius 1 is 1.03 bits per heavy atom. The minimum atomic E-state index is -0.441. The Bertz CT molecular complexity index is 1060. The standard InChI is InChI=1S/C25H28FN3O3/c1-27-14-12-18(13-15-27)28(2)23-22(19-9-5-7-11-21(19)32-3)24(30)29(25(23)31)16-17-8-4-6-10-20(17)26/h4-11,18H,12-16H2,1-3H3. The zero-order valence-electron chi connectivity index (χ0n) is 18.7. The molecular formula is C25H28FN3O3. The van der Waals surface area contributed by atoms with Gasteiger partial charge in [0, 0.05) is 24.2 Å². The van der Waals surface area contributed by atoms with Gasteiger partial charge in [-0.25, -0.2) is 4.39 Å². The molecule has 168 valence electrons. The molecule has 7 heteroatoms. The van der Waals surface area contributed by atoms with Gasteiger partial charge in [0.2, 0.25) is 0 Å². The fourth-order valence-corrected chi connectivity index (χ4v) is 4.49. The molecule has 0 radical (unpaired) electrons. The van der Waals surface area contributed by atoms with Crippen molar-refractivity contribution in [3.8, 4) is 5.75 Å². The van der Waals surface area contributed by atoms with E-state index in [2.05, 4.69) is 11.9 Å². The van der Waals surface area contributed by atoms with E-state index in [-0.39, 0.29) is 12.6 Å². The Morgan fingerprint density at radius 3 is 2.38 bits per heavy atom. The monoisotopic (exact) mass is 437 g/mol. The summed E-state index contributed by atoms with van der Waals surface area (Å²) in [4.78, 5) is 32.5. The van der Waals surface area contributed by atoms with E-state index < -0.39 is 17.6 Å². The van der Waals surface area contributed by atoms with Crippen molar-refractivity contribution < 1.29 is 18.7 Å². The Hall–Kier alpha value is -3.19. The molecule has 1 saturated heterocycles. The van der Waals surface area contributed by atoms with Crippen LogP contribution in [0.15, 0.2) is 54.2 Å². The second kappa shape index (κ2) is 9.12. The van der Waals surface area contributed by atoms with Crippen LogP contribution in [0.25, 0.3) is 5.57 Å². The lowest BCUT2D eigenvalue weighted by atomic mass is 9.99. The quantitative estimate of drug-likeness (QED) is 0.650. The molecule has 2 aliphatic rings. The summed E-state index contributed by atoms with van der Waals surface area (Å²) in [5.41, 5.74) is 1.53. The minimum Gasteiger partial charge on any atom is -0.496 e. The van der Waals surface area contributed by atoms with Crippen molar-refractivity contribution in [1.82, 2.24) is 14.7 Å². The fraction of sp³-hybridized carbons (Fsp3) is 0.360. The zero-order valence-corrected chi connectivity index (χ0v) is 18.7. The molecule has 6 nitrogen and oxygen atoms in total. The van der Waals surface area contributed by atoms with Gasteiger partial charge in [0.1, 0.15) is 17.3 Å². The molecule has 0 aromatic heterocycles. The van der Waals surface area contributed by atoms with Gasteiger partial charge in [-0.2, -0.15) is 0 Å². The summed E-state index contributed by atoms with van der Waals surface area (Å²) >= 11 is 0. The van der Waals surface area contributed by atoms with Crippen molar-refractivity contribution in [2.45, 2.75) is 25.4 Å². The smallest absolute Gasteiger partial charge is 0.278 e. The number of imide groups is 1. The van der Waals surface area contributed by atoms with Crippen molar-refractivity contribution in [2.75, 3.05) is 34.3 Å². The first-order valence-corrected chi connectivity index (χ1v) is 10.8. The van der Waals surface area contributed by atoms with E-state index in [9.17, 15) is 14.0 Å². The van der Waals surface area contributed by atoms with E-state index in [0.717, 1.165) is 30.8 Å². The highest BCUT2D eigenvalue weighted by atomic mass is 19.1. The van der Waals surface area contributed by atoms with Gasteiger partial charge >= 0.3 is 0 Å². The Morgan fingerprint density at radius 2 is 1.69 bits per heavy atom. The highest BCUT2D eigenvalue weighted by Crippen LogP contribution is 2.38. The van der Waals surface area contributed by atoms with Crippen LogP contribution in [0.1, 0.15) is 24.0 Å². The number of amides is 2. The summed E-state index contributed by atoms with van der Waals surface area (Å²) in [7, 11) is 5.49. The Balaban J connectivity index is 1.76. The third kappa shape index (κ3) is 4.00. The van der Waals surface area contributed by atoms with Crippen LogP contribution in [0, 0.1) is 5.82 Å². The van der Waals surface area contributed by atoms with E-state index in [1.54, 1.807) is 30.3 Å². The van der Waals surface area contributed by atoms with Crippen molar-refractivity contribution in [3.63, 3.8) is 0 Å². The number of hydrogen-bond donors (Lipinski definition) is 0. The maximum Gasteiger partial charge on any atom is 0.278 e. The summed E-state index contributed by atoms with van der Waals surface area (Å²) < 4.78 is 19.8. The number of hydrogen-bond acceptors (Lipinski definition) is 5. The van der Waals surface area contributed by atoms with Gasteiger partial charge in [-0.1, -0.05) is 36.4 Å². The molecule has 32 heavy (non-hydrogen) atoms. The summed E-state index contributed by atoms with van der Waals surface area (Å²) in [6.07, 6.45) is 1.79. The van der Waals surface area contributed by atoms with Gasteiger partial charge in [-0.3, -0.25) is 14.5 Å². The molecule has 2 aromatic carbocycles. The van der Waals surface area contributed by atoms with E-state index in [1.165, 1.54) is 13.2 Å². The molecule has 4 rings (SSSR count). The largest absolute Gasteiger partial charge is 0.496 e. The molecule has 2 amide bonds. The summed E-state index contributed by atoms with van der Waals surface area (Å²) in [6.45, 7) is 1.73. The summed E-state index contributed by atoms with van der Waals surface area (Å²) in [5.74, 6) is -0.757. The van der Waals surface area contributed by atoms with Crippen LogP contribution in [0.5, 0.6) is 5.75 Å². The summed E-state index contributed by atoms with van der Waals surface area (Å²) in [5, 5.41) is 0. The van der Waals surface area contributed by atoms with Crippen molar-refractivity contribution >= 4 is 17.4 Å². The molecule has 2 heterocycles. The lowest BCUT2D eigenvalue weighted by Gasteiger charge is -2.36. The molecule has 0 spiro atoms. The van der Waals surface area contributed by atoms with Crippen molar-refractivity contribution in [1.29, 1.82) is 0 Å². The van der Waals surface area contributed by atoms with Crippen LogP contribution < -0.4 is 4.74 Å². The second-order valence-electron chi connectivity index (χ2n) is 8.36. The molecule has 2 aliphatic heterocycles. The molecule has 0 atom stereocenters. The minimum absolute atomic E-state index is 0.117. The molecule has 0 aliphatic carbocycles. The number of methoxy groups -OCH3 is 1. The average Bonchev–Trinajstić information content (AvgIpc) is 3.05. The molecule has 1 fully saturated rings. The molecule has 0 saturated carbocycles. The van der Waals surface area contributed by atoms with Crippen molar-refractivity contribution in [2.24, 2.45) is 0 Å². The number of piperidine rings is 1. The van der Waals surface area contributed by atoms with Crippen LogP contribution in [0.4, 0.5) is 4.39 Å². The van der Waals surface area contributed by atoms with Gasteiger partial charge in [0.25, 0.3) is 11.8 Å². The molecule has 0 N–H and O–H groups in total. The Kier molecular flexibility index (Phi) is 6.28. The van der Waals surface area contributed by atoms with Gasteiger partial charge in [-0.05, 0) is 45.1 Å². The van der Waals surface area contributed by atoms with Crippen molar-refractivity contribution in [3.05, 3.63) is 71.2 Å². The molecule has 2 aromatic rings. The van der Waals surface area contributed by atoms with Crippen LogP contribution >= 0.6 is 0 Å². The number of halogens is 1. The van der Waals surface area contributed by atoms with Crippen LogP contribution in [0.2, 0.25) is 0 Å². The predicted octanol–water partition coefficient (Wildman–Crippen LogP) is 3.14. The molecule has 0 bridgehead atoms. The number of rotatable bonds is 6. The number of carbonyl (C=O) groups excluding carboxylic acids is 2. The number of benzene rings is 2.